The Labute approximate surface area is 101 Å². The highest BCUT2D eigenvalue weighted by Gasteiger charge is 2.54. The van der Waals surface area contributed by atoms with Crippen LogP contribution in [0.1, 0.15) is 23.3 Å². The van der Waals surface area contributed by atoms with E-state index in [0.717, 1.165) is 5.92 Å². The maximum atomic E-state index is 3.64. The first-order valence-electron chi connectivity index (χ1n) is 6.44. The summed E-state index contributed by atoms with van der Waals surface area (Å²) in [5.74, 6) is 0.929. The van der Waals surface area contributed by atoms with Gasteiger partial charge in [0.05, 0.1) is 5.54 Å². The molecule has 0 radical (unpaired) electrons. The molecule has 4 rings (SSSR count). The van der Waals surface area contributed by atoms with Crippen molar-refractivity contribution in [3.8, 4) is 0 Å². The Morgan fingerprint density at radius 2 is 2.31 bits per heavy atom. The molecule has 3 heteroatoms. The molecule has 0 aromatic carbocycles. The van der Waals surface area contributed by atoms with Gasteiger partial charge in [0.1, 0.15) is 0 Å². The molecular formula is C13H18N2S. The number of fused-ring (bicyclic) bond motifs is 3. The van der Waals surface area contributed by atoms with Crippen LogP contribution in [0.15, 0.2) is 11.4 Å². The number of nitrogens with zero attached hydrogens (tertiary/aromatic N) is 1. The van der Waals surface area contributed by atoms with Gasteiger partial charge in [-0.1, -0.05) is 0 Å². The van der Waals surface area contributed by atoms with Crippen molar-refractivity contribution < 1.29 is 0 Å². The second kappa shape index (κ2) is 3.31. The predicted octanol–water partition coefficient (Wildman–Crippen LogP) is 1.81. The van der Waals surface area contributed by atoms with Gasteiger partial charge in [-0.15, -0.1) is 11.3 Å². The molecule has 0 amide bonds. The first-order chi connectivity index (χ1) is 7.91. The van der Waals surface area contributed by atoms with E-state index in [2.05, 4.69) is 21.7 Å². The van der Waals surface area contributed by atoms with Crippen LogP contribution < -0.4 is 5.32 Å². The van der Waals surface area contributed by atoms with Crippen molar-refractivity contribution in [3.05, 3.63) is 21.9 Å². The fourth-order valence-electron chi connectivity index (χ4n) is 3.66. The largest absolute Gasteiger partial charge is 0.313 e. The van der Waals surface area contributed by atoms with Gasteiger partial charge in [0, 0.05) is 31.1 Å². The fourth-order valence-corrected chi connectivity index (χ4v) is 4.92. The van der Waals surface area contributed by atoms with E-state index in [1.54, 1.807) is 10.4 Å². The Balaban J connectivity index is 1.86. The molecule has 1 N–H and O–H groups in total. The van der Waals surface area contributed by atoms with E-state index in [0.29, 0.717) is 5.54 Å². The fraction of sp³-hybridized carbons (Fsp3) is 0.692. The lowest BCUT2D eigenvalue weighted by molar-refractivity contribution is 0.0311. The van der Waals surface area contributed by atoms with Crippen molar-refractivity contribution in [2.24, 2.45) is 5.92 Å². The predicted molar refractivity (Wildman–Crippen MR) is 66.9 cm³/mol. The van der Waals surface area contributed by atoms with E-state index in [-0.39, 0.29) is 0 Å². The van der Waals surface area contributed by atoms with Crippen molar-refractivity contribution in [2.75, 3.05) is 26.2 Å². The van der Waals surface area contributed by atoms with Crippen LogP contribution in [0.5, 0.6) is 0 Å². The molecule has 3 heterocycles. The molecule has 2 nitrogen and oxygen atoms in total. The van der Waals surface area contributed by atoms with Gasteiger partial charge in [-0.3, -0.25) is 4.90 Å². The maximum absolute atomic E-state index is 3.64. The molecule has 86 valence electrons. The number of hydrogen-bond acceptors (Lipinski definition) is 3. The molecule has 2 fully saturated rings. The molecule has 0 spiro atoms. The van der Waals surface area contributed by atoms with Crippen LogP contribution in [0.4, 0.5) is 0 Å². The summed E-state index contributed by atoms with van der Waals surface area (Å²) >= 11 is 2.00. The average molecular weight is 234 g/mol. The van der Waals surface area contributed by atoms with E-state index < -0.39 is 0 Å². The zero-order valence-corrected chi connectivity index (χ0v) is 10.4. The first kappa shape index (κ1) is 9.63. The van der Waals surface area contributed by atoms with Crippen molar-refractivity contribution in [1.29, 1.82) is 0 Å². The van der Waals surface area contributed by atoms with Crippen molar-refractivity contribution in [1.82, 2.24) is 10.2 Å². The summed E-state index contributed by atoms with van der Waals surface area (Å²) in [6, 6.07) is 2.36. The summed E-state index contributed by atoms with van der Waals surface area (Å²) in [6.45, 7) is 4.89. The van der Waals surface area contributed by atoms with E-state index in [9.17, 15) is 0 Å². The van der Waals surface area contributed by atoms with E-state index in [1.807, 2.05) is 11.3 Å². The topological polar surface area (TPSA) is 15.3 Å². The minimum absolute atomic E-state index is 0.389. The monoisotopic (exact) mass is 234 g/mol. The van der Waals surface area contributed by atoms with Crippen molar-refractivity contribution in [2.45, 2.75) is 24.8 Å². The number of rotatable bonds is 1. The summed E-state index contributed by atoms with van der Waals surface area (Å²) in [6.07, 6.45) is 4.15. The lowest BCUT2D eigenvalue weighted by Crippen LogP contribution is -2.62. The van der Waals surface area contributed by atoms with Crippen LogP contribution in [0.3, 0.4) is 0 Å². The minimum atomic E-state index is 0.389. The molecular weight excluding hydrogens is 216 g/mol. The van der Waals surface area contributed by atoms with Crippen LogP contribution in [-0.2, 0) is 12.0 Å². The summed E-state index contributed by atoms with van der Waals surface area (Å²) in [7, 11) is 0. The Hall–Kier alpha value is -0.380. The zero-order chi connectivity index (χ0) is 10.6. The highest BCUT2D eigenvalue weighted by Crippen LogP contribution is 2.53. The van der Waals surface area contributed by atoms with Gasteiger partial charge in [0.15, 0.2) is 0 Å². The van der Waals surface area contributed by atoms with Gasteiger partial charge in [-0.05, 0) is 42.2 Å². The normalized spacial score (nSPS) is 34.5. The number of thiophene rings is 1. The highest BCUT2D eigenvalue weighted by molar-refractivity contribution is 7.10. The van der Waals surface area contributed by atoms with Crippen molar-refractivity contribution >= 4 is 11.3 Å². The number of hydrogen-bond donors (Lipinski definition) is 1. The highest BCUT2D eigenvalue weighted by atomic mass is 32.1. The van der Waals surface area contributed by atoms with Crippen LogP contribution in [0.2, 0.25) is 0 Å². The van der Waals surface area contributed by atoms with E-state index in [4.69, 9.17) is 0 Å². The molecule has 1 aromatic heterocycles. The average Bonchev–Trinajstić information content (AvgIpc) is 3.07. The Morgan fingerprint density at radius 1 is 1.38 bits per heavy atom. The van der Waals surface area contributed by atoms with Gasteiger partial charge in [-0.2, -0.15) is 0 Å². The van der Waals surface area contributed by atoms with Crippen LogP contribution in [0, 0.1) is 5.92 Å². The quantitative estimate of drug-likeness (QED) is 0.797. The van der Waals surface area contributed by atoms with E-state index >= 15 is 0 Å². The van der Waals surface area contributed by atoms with Gasteiger partial charge < -0.3 is 5.32 Å². The smallest absolute Gasteiger partial charge is 0.0711 e. The molecule has 1 saturated heterocycles. The van der Waals surface area contributed by atoms with Gasteiger partial charge in [0.25, 0.3) is 0 Å². The van der Waals surface area contributed by atoms with E-state index in [1.165, 1.54) is 45.4 Å². The second-order valence-corrected chi connectivity index (χ2v) is 6.30. The molecule has 1 aliphatic carbocycles. The second-order valence-electron chi connectivity index (χ2n) is 5.39. The Kier molecular flexibility index (Phi) is 1.99. The van der Waals surface area contributed by atoms with Crippen LogP contribution >= 0.6 is 11.3 Å². The Bertz CT molecular complexity index is 410. The van der Waals surface area contributed by atoms with Gasteiger partial charge in [0.2, 0.25) is 0 Å². The maximum Gasteiger partial charge on any atom is 0.0711 e. The lowest BCUT2D eigenvalue weighted by Gasteiger charge is -2.50. The first-order valence-corrected chi connectivity index (χ1v) is 7.32. The van der Waals surface area contributed by atoms with Gasteiger partial charge in [-0.25, -0.2) is 0 Å². The molecule has 1 atom stereocenters. The van der Waals surface area contributed by atoms with Crippen LogP contribution in [0.25, 0.3) is 0 Å². The molecule has 3 aliphatic rings. The Morgan fingerprint density at radius 3 is 3.19 bits per heavy atom. The standard InChI is InChI=1S/C13H18N2S/c1-2-11(1)13-9-14-5-7-15(13)6-3-10-4-8-16-12(10)13/h4,8,11,14H,1-3,5-7,9H2. The third-order valence-electron chi connectivity index (χ3n) is 4.56. The molecule has 1 unspecified atom stereocenters. The number of piperazine rings is 1. The zero-order valence-electron chi connectivity index (χ0n) is 9.54. The summed E-state index contributed by atoms with van der Waals surface area (Å²) in [4.78, 5) is 4.47. The van der Waals surface area contributed by atoms with Gasteiger partial charge >= 0.3 is 0 Å². The molecule has 1 aromatic rings. The van der Waals surface area contributed by atoms with Crippen molar-refractivity contribution in [3.63, 3.8) is 0 Å². The summed E-state index contributed by atoms with van der Waals surface area (Å²) in [5, 5.41) is 5.94. The number of nitrogens with one attached hydrogen (secondary N) is 1. The summed E-state index contributed by atoms with van der Waals surface area (Å²) < 4.78 is 0. The van der Waals surface area contributed by atoms with Crippen LogP contribution in [-0.4, -0.2) is 31.1 Å². The third-order valence-corrected chi connectivity index (χ3v) is 5.68. The molecule has 2 aliphatic heterocycles. The molecule has 0 bridgehead atoms. The molecule has 1 saturated carbocycles. The minimum Gasteiger partial charge on any atom is -0.313 e. The SMILES string of the molecule is c1cc2c(s1)C1(C3CC3)CNCCN1CC2. The lowest BCUT2D eigenvalue weighted by atomic mass is 9.81. The third kappa shape index (κ3) is 1.14. The molecule has 16 heavy (non-hydrogen) atoms. The summed E-state index contributed by atoms with van der Waals surface area (Å²) in [5.41, 5.74) is 2.02.